The molecule has 4 N–H and O–H groups in total. The highest BCUT2D eigenvalue weighted by atomic mass is 15.2. The molecule has 2 rings (SSSR count). The minimum Gasteiger partial charge on any atom is -0.370 e. The molecule has 4 heteroatoms. The molecular weight excluding hydrogens is 224 g/mol. The van der Waals surface area contributed by atoms with Crippen LogP contribution < -0.4 is 11.5 Å². The average Bonchev–Trinajstić information content (AvgIpc) is 2.36. The van der Waals surface area contributed by atoms with Gasteiger partial charge in [-0.2, -0.15) is 0 Å². The fourth-order valence-electron chi connectivity index (χ4n) is 2.40. The zero-order chi connectivity index (χ0) is 13.2. The molecule has 0 fully saturated rings. The fraction of sp³-hybridized carbons (Fsp3) is 0.500. The summed E-state index contributed by atoms with van der Waals surface area (Å²) in [5, 5.41) is 0. The molecule has 1 aliphatic rings. The third kappa shape index (κ3) is 2.82. The topological polar surface area (TPSA) is 67.6 Å². The third-order valence-corrected chi connectivity index (χ3v) is 3.64. The van der Waals surface area contributed by atoms with Gasteiger partial charge in [0.2, 0.25) is 0 Å². The van der Waals surface area contributed by atoms with Gasteiger partial charge in [-0.1, -0.05) is 24.3 Å². The Morgan fingerprint density at radius 1 is 1.28 bits per heavy atom. The first-order chi connectivity index (χ1) is 8.49. The second-order valence-corrected chi connectivity index (χ2v) is 5.49. The maximum Gasteiger partial charge on any atom is 0.185 e. The molecule has 1 aliphatic heterocycles. The quantitative estimate of drug-likeness (QED) is 0.620. The molecule has 0 aromatic heterocycles. The second kappa shape index (κ2) is 4.98. The van der Waals surface area contributed by atoms with Gasteiger partial charge in [0.25, 0.3) is 0 Å². The summed E-state index contributed by atoms with van der Waals surface area (Å²) in [6.45, 7) is 7.05. The molecule has 0 radical (unpaired) electrons. The van der Waals surface area contributed by atoms with Gasteiger partial charge in [-0.05, 0) is 31.4 Å². The molecule has 0 unspecified atom stereocenters. The lowest BCUT2D eigenvalue weighted by molar-refractivity contribution is 0.112. The molecule has 18 heavy (non-hydrogen) atoms. The van der Waals surface area contributed by atoms with Crippen LogP contribution in [0.3, 0.4) is 0 Å². The Balaban J connectivity index is 2.10. The van der Waals surface area contributed by atoms with E-state index in [0.717, 1.165) is 19.5 Å². The van der Waals surface area contributed by atoms with Gasteiger partial charge in [0.05, 0.1) is 6.54 Å². The van der Waals surface area contributed by atoms with Gasteiger partial charge in [0.1, 0.15) is 0 Å². The average molecular weight is 246 g/mol. The van der Waals surface area contributed by atoms with Gasteiger partial charge < -0.3 is 11.5 Å². The molecule has 0 saturated heterocycles. The molecule has 0 amide bonds. The van der Waals surface area contributed by atoms with Gasteiger partial charge in [0.15, 0.2) is 5.96 Å². The highest BCUT2D eigenvalue weighted by Gasteiger charge is 2.29. The van der Waals surface area contributed by atoms with Gasteiger partial charge in [0, 0.05) is 18.6 Å². The van der Waals surface area contributed by atoms with E-state index >= 15 is 0 Å². The first-order valence-corrected chi connectivity index (χ1v) is 6.36. The molecule has 1 heterocycles. The standard InChI is InChI=1S/C14H22N4/c1-14(2,10-17-13(15)16)18-8-7-11-5-3-4-6-12(11)9-18/h3-6H,7-10H2,1-2H3,(H4,15,16,17). The van der Waals surface area contributed by atoms with E-state index < -0.39 is 0 Å². The Kier molecular flexibility index (Phi) is 3.57. The van der Waals surface area contributed by atoms with E-state index in [1.165, 1.54) is 11.1 Å². The van der Waals surface area contributed by atoms with Gasteiger partial charge in [-0.15, -0.1) is 0 Å². The Morgan fingerprint density at radius 2 is 1.94 bits per heavy atom. The highest BCUT2D eigenvalue weighted by molar-refractivity contribution is 5.75. The van der Waals surface area contributed by atoms with Crippen molar-refractivity contribution in [2.45, 2.75) is 32.4 Å². The van der Waals surface area contributed by atoms with Gasteiger partial charge >= 0.3 is 0 Å². The zero-order valence-corrected chi connectivity index (χ0v) is 11.2. The molecule has 0 saturated carbocycles. The molecule has 0 spiro atoms. The molecule has 4 nitrogen and oxygen atoms in total. The summed E-state index contributed by atoms with van der Waals surface area (Å²) >= 11 is 0. The van der Waals surface area contributed by atoms with Crippen LogP contribution in [0.25, 0.3) is 0 Å². The van der Waals surface area contributed by atoms with Crippen LogP contribution in [0, 0.1) is 0 Å². The largest absolute Gasteiger partial charge is 0.370 e. The van der Waals surface area contributed by atoms with E-state index in [2.05, 4.69) is 48.0 Å². The van der Waals surface area contributed by atoms with Crippen molar-refractivity contribution in [3.05, 3.63) is 35.4 Å². The predicted octanol–water partition coefficient (Wildman–Crippen LogP) is 1.10. The van der Waals surface area contributed by atoms with E-state index in [4.69, 9.17) is 11.5 Å². The normalized spacial score (nSPS) is 16.1. The Morgan fingerprint density at radius 3 is 2.61 bits per heavy atom. The van der Waals surface area contributed by atoms with Crippen LogP contribution >= 0.6 is 0 Å². The Bertz CT molecular complexity index is 447. The number of fused-ring (bicyclic) bond motifs is 1. The van der Waals surface area contributed by atoms with Crippen molar-refractivity contribution in [3.8, 4) is 0 Å². The summed E-state index contributed by atoms with van der Waals surface area (Å²) in [5.41, 5.74) is 13.7. The molecule has 0 bridgehead atoms. The summed E-state index contributed by atoms with van der Waals surface area (Å²) < 4.78 is 0. The number of aliphatic imine (C=N–C) groups is 1. The van der Waals surface area contributed by atoms with Crippen LogP contribution in [-0.2, 0) is 13.0 Å². The number of guanidine groups is 1. The molecule has 0 atom stereocenters. The number of rotatable bonds is 3. The molecule has 0 aliphatic carbocycles. The first-order valence-electron chi connectivity index (χ1n) is 6.36. The van der Waals surface area contributed by atoms with Crippen LogP contribution in [0.2, 0.25) is 0 Å². The van der Waals surface area contributed by atoms with E-state index in [1.54, 1.807) is 0 Å². The third-order valence-electron chi connectivity index (χ3n) is 3.64. The number of hydrogen-bond donors (Lipinski definition) is 2. The summed E-state index contributed by atoms with van der Waals surface area (Å²) in [7, 11) is 0. The van der Waals surface area contributed by atoms with E-state index in [9.17, 15) is 0 Å². The predicted molar refractivity (Wildman–Crippen MR) is 75.3 cm³/mol. The zero-order valence-electron chi connectivity index (χ0n) is 11.2. The smallest absolute Gasteiger partial charge is 0.185 e. The van der Waals surface area contributed by atoms with Crippen LogP contribution in [0.15, 0.2) is 29.3 Å². The molecule has 1 aromatic rings. The maximum atomic E-state index is 5.41. The van der Waals surface area contributed by atoms with E-state index in [1.807, 2.05) is 0 Å². The van der Waals surface area contributed by atoms with Crippen LogP contribution in [0.1, 0.15) is 25.0 Å². The highest BCUT2D eigenvalue weighted by Crippen LogP contribution is 2.25. The summed E-state index contributed by atoms with van der Waals surface area (Å²) in [6, 6.07) is 8.64. The number of hydrogen-bond acceptors (Lipinski definition) is 2. The van der Waals surface area contributed by atoms with Crippen molar-refractivity contribution < 1.29 is 0 Å². The minimum absolute atomic E-state index is 0.0163. The summed E-state index contributed by atoms with van der Waals surface area (Å²) in [6.07, 6.45) is 1.10. The van der Waals surface area contributed by atoms with Crippen molar-refractivity contribution in [3.63, 3.8) is 0 Å². The summed E-state index contributed by atoms with van der Waals surface area (Å²) in [5.74, 6) is 0.167. The van der Waals surface area contributed by atoms with Crippen molar-refractivity contribution in [2.24, 2.45) is 16.5 Å². The van der Waals surface area contributed by atoms with E-state index in [0.29, 0.717) is 6.54 Å². The second-order valence-electron chi connectivity index (χ2n) is 5.49. The molecular formula is C14H22N4. The number of nitrogens with two attached hydrogens (primary N) is 2. The van der Waals surface area contributed by atoms with Crippen molar-refractivity contribution in [2.75, 3.05) is 13.1 Å². The van der Waals surface area contributed by atoms with Crippen molar-refractivity contribution in [1.82, 2.24) is 4.90 Å². The van der Waals surface area contributed by atoms with Crippen molar-refractivity contribution in [1.29, 1.82) is 0 Å². The van der Waals surface area contributed by atoms with Crippen molar-refractivity contribution >= 4 is 5.96 Å². The Labute approximate surface area is 109 Å². The lowest BCUT2D eigenvalue weighted by Crippen LogP contribution is -2.49. The van der Waals surface area contributed by atoms with Crippen LogP contribution in [-0.4, -0.2) is 29.5 Å². The lowest BCUT2D eigenvalue weighted by atomic mass is 9.94. The lowest BCUT2D eigenvalue weighted by Gasteiger charge is -2.40. The van der Waals surface area contributed by atoms with Crippen LogP contribution in [0.4, 0.5) is 0 Å². The van der Waals surface area contributed by atoms with Crippen LogP contribution in [0.5, 0.6) is 0 Å². The van der Waals surface area contributed by atoms with Gasteiger partial charge in [-0.3, -0.25) is 9.89 Å². The fourth-order valence-corrected chi connectivity index (χ4v) is 2.40. The van der Waals surface area contributed by atoms with Gasteiger partial charge in [-0.25, -0.2) is 0 Å². The number of nitrogens with zero attached hydrogens (tertiary/aromatic N) is 2. The molecule has 98 valence electrons. The monoisotopic (exact) mass is 246 g/mol. The van der Waals surface area contributed by atoms with E-state index in [-0.39, 0.29) is 11.5 Å². The minimum atomic E-state index is -0.0163. The summed E-state index contributed by atoms with van der Waals surface area (Å²) in [4.78, 5) is 6.60. The first kappa shape index (κ1) is 12.9. The number of benzene rings is 1. The Hall–Kier alpha value is -1.55. The maximum absolute atomic E-state index is 5.41. The SMILES string of the molecule is CC(C)(CN=C(N)N)N1CCc2ccccc2C1. The molecule has 1 aromatic carbocycles.